The summed E-state index contributed by atoms with van der Waals surface area (Å²) in [5.74, 6) is 0. The van der Waals surface area contributed by atoms with Crippen molar-refractivity contribution >= 4 is 31.8 Å². The van der Waals surface area contributed by atoms with E-state index < -0.39 is 0 Å². The normalized spacial score (nSPS) is 16.1. The van der Waals surface area contributed by atoms with Gasteiger partial charge in [0.1, 0.15) is 0 Å². The molecule has 0 radical (unpaired) electrons. The van der Waals surface area contributed by atoms with Crippen molar-refractivity contribution < 1.29 is 0 Å². The third-order valence-corrected chi connectivity index (χ3v) is 4.28. The molecule has 1 aliphatic rings. The van der Waals surface area contributed by atoms with E-state index in [2.05, 4.69) is 42.5 Å². The zero-order chi connectivity index (χ0) is 11.7. The van der Waals surface area contributed by atoms with Crippen LogP contribution in [-0.4, -0.2) is 10.2 Å². The van der Waals surface area contributed by atoms with E-state index in [-0.39, 0.29) is 0 Å². The maximum absolute atomic E-state index is 2.42. The van der Waals surface area contributed by atoms with Crippen molar-refractivity contribution in [2.75, 3.05) is 0 Å². The standard InChI is InChI=1S/C16H18Si/c17-16-9-8-14-10-13(6-7-15(14)11-16)12-4-2-1-3-5-12/h4,6-11H,1-3,5H2,17H3. The van der Waals surface area contributed by atoms with E-state index in [0.717, 1.165) is 10.2 Å². The van der Waals surface area contributed by atoms with E-state index in [1.807, 2.05) is 0 Å². The molecule has 0 spiro atoms. The molecule has 0 aromatic heterocycles. The highest BCUT2D eigenvalue weighted by Crippen LogP contribution is 2.28. The summed E-state index contributed by atoms with van der Waals surface area (Å²) in [4.78, 5) is 0. The third-order valence-electron chi connectivity index (χ3n) is 3.66. The summed E-state index contributed by atoms with van der Waals surface area (Å²) in [6.45, 7) is 0. The van der Waals surface area contributed by atoms with Crippen LogP contribution in [0.4, 0.5) is 0 Å². The molecule has 0 atom stereocenters. The number of fused-ring (bicyclic) bond motifs is 1. The number of benzene rings is 2. The van der Waals surface area contributed by atoms with Crippen LogP contribution in [0.2, 0.25) is 0 Å². The van der Waals surface area contributed by atoms with Crippen LogP contribution in [0.1, 0.15) is 31.2 Å². The van der Waals surface area contributed by atoms with Gasteiger partial charge in [-0.25, -0.2) is 0 Å². The molecule has 0 aliphatic heterocycles. The highest BCUT2D eigenvalue weighted by atomic mass is 28.1. The zero-order valence-electron chi connectivity index (χ0n) is 10.4. The molecule has 86 valence electrons. The summed E-state index contributed by atoms with van der Waals surface area (Å²) in [6.07, 6.45) is 7.65. The van der Waals surface area contributed by atoms with Crippen LogP contribution >= 0.6 is 0 Å². The summed E-state index contributed by atoms with van der Waals surface area (Å²) in [5, 5.41) is 4.24. The molecule has 2 aromatic carbocycles. The highest BCUT2D eigenvalue weighted by molar-refractivity contribution is 6.33. The van der Waals surface area contributed by atoms with Gasteiger partial charge in [0.25, 0.3) is 0 Å². The second kappa shape index (κ2) is 4.50. The van der Waals surface area contributed by atoms with E-state index in [9.17, 15) is 0 Å². The van der Waals surface area contributed by atoms with Crippen molar-refractivity contribution in [1.82, 2.24) is 0 Å². The van der Waals surface area contributed by atoms with Crippen LogP contribution in [0.15, 0.2) is 42.5 Å². The minimum Gasteiger partial charge on any atom is -0.0807 e. The van der Waals surface area contributed by atoms with Crippen molar-refractivity contribution in [2.45, 2.75) is 25.7 Å². The number of rotatable bonds is 1. The smallest absolute Gasteiger partial charge is 0.0385 e. The second-order valence-electron chi connectivity index (χ2n) is 5.04. The van der Waals surface area contributed by atoms with Gasteiger partial charge in [-0.1, -0.05) is 41.6 Å². The molecule has 0 unspecified atom stereocenters. The molecule has 0 bridgehead atoms. The molecule has 17 heavy (non-hydrogen) atoms. The Morgan fingerprint density at radius 1 is 0.882 bits per heavy atom. The van der Waals surface area contributed by atoms with Gasteiger partial charge in [-0.15, -0.1) is 0 Å². The Hall–Kier alpha value is -1.34. The number of hydrogen-bond donors (Lipinski definition) is 0. The molecule has 0 heterocycles. The molecule has 3 rings (SSSR count). The van der Waals surface area contributed by atoms with Crippen molar-refractivity contribution in [2.24, 2.45) is 0 Å². The van der Waals surface area contributed by atoms with Crippen LogP contribution in [0, 0.1) is 0 Å². The van der Waals surface area contributed by atoms with Crippen LogP contribution in [0.5, 0.6) is 0 Å². The lowest BCUT2D eigenvalue weighted by Crippen LogP contribution is -1.99. The van der Waals surface area contributed by atoms with Crippen molar-refractivity contribution in [1.29, 1.82) is 0 Å². The third kappa shape index (κ3) is 2.20. The average Bonchev–Trinajstić information content (AvgIpc) is 2.39. The molecule has 0 fully saturated rings. The Bertz CT molecular complexity index is 581. The van der Waals surface area contributed by atoms with Crippen molar-refractivity contribution in [3.8, 4) is 0 Å². The summed E-state index contributed by atoms with van der Waals surface area (Å²) < 4.78 is 0. The van der Waals surface area contributed by atoms with E-state index in [0.29, 0.717) is 0 Å². The van der Waals surface area contributed by atoms with E-state index in [1.54, 1.807) is 5.57 Å². The van der Waals surface area contributed by atoms with Gasteiger partial charge >= 0.3 is 0 Å². The molecule has 2 aromatic rings. The van der Waals surface area contributed by atoms with Crippen LogP contribution in [0.25, 0.3) is 16.3 Å². The van der Waals surface area contributed by atoms with E-state index >= 15 is 0 Å². The van der Waals surface area contributed by atoms with Crippen LogP contribution < -0.4 is 5.19 Å². The molecule has 0 nitrogen and oxygen atoms in total. The van der Waals surface area contributed by atoms with Gasteiger partial charge in [-0.05, 0) is 53.7 Å². The highest BCUT2D eigenvalue weighted by Gasteiger charge is 2.06. The fourth-order valence-electron chi connectivity index (χ4n) is 2.67. The minimum atomic E-state index is 1.14. The Morgan fingerprint density at radius 3 is 2.53 bits per heavy atom. The maximum atomic E-state index is 2.42. The fourth-order valence-corrected chi connectivity index (χ4v) is 3.14. The summed E-state index contributed by atoms with van der Waals surface area (Å²) in [6, 6.07) is 13.8. The lowest BCUT2D eigenvalue weighted by atomic mass is 9.92. The van der Waals surface area contributed by atoms with Gasteiger partial charge in [-0.3, -0.25) is 0 Å². The quantitative estimate of drug-likeness (QED) is 0.670. The molecule has 0 saturated carbocycles. The zero-order valence-corrected chi connectivity index (χ0v) is 12.4. The topological polar surface area (TPSA) is 0 Å². The van der Waals surface area contributed by atoms with E-state index in [1.165, 1.54) is 47.2 Å². The summed E-state index contributed by atoms with van der Waals surface area (Å²) in [5.41, 5.74) is 2.98. The molecule has 0 amide bonds. The Balaban J connectivity index is 2.07. The minimum absolute atomic E-state index is 1.14. The first-order valence-corrected chi connectivity index (χ1v) is 7.53. The van der Waals surface area contributed by atoms with Gasteiger partial charge in [0.2, 0.25) is 0 Å². The van der Waals surface area contributed by atoms with Gasteiger partial charge in [0, 0.05) is 10.2 Å². The maximum Gasteiger partial charge on any atom is 0.0385 e. The van der Waals surface area contributed by atoms with Crippen LogP contribution in [0.3, 0.4) is 0 Å². The van der Waals surface area contributed by atoms with Gasteiger partial charge in [-0.2, -0.15) is 0 Å². The van der Waals surface area contributed by atoms with Crippen molar-refractivity contribution in [3.05, 3.63) is 48.0 Å². The monoisotopic (exact) mass is 238 g/mol. The van der Waals surface area contributed by atoms with Gasteiger partial charge in [0.05, 0.1) is 0 Å². The van der Waals surface area contributed by atoms with Crippen LogP contribution in [-0.2, 0) is 0 Å². The molecular formula is C16H18Si. The first-order chi connectivity index (χ1) is 8.33. The lowest BCUT2D eigenvalue weighted by Gasteiger charge is -2.13. The van der Waals surface area contributed by atoms with E-state index in [4.69, 9.17) is 0 Å². The SMILES string of the molecule is [SiH3]c1ccc2cc(C3=CCCCC3)ccc2c1. The fraction of sp³-hybridized carbons (Fsp3) is 0.250. The molecule has 0 N–H and O–H groups in total. The predicted octanol–water partition coefficient (Wildman–Crippen LogP) is 2.79. The lowest BCUT2D eigenvalue weighted by molar-refractivity contribution is 0.742. The second-order valence-corrected chi connectivity index (χ2v) is 6.20. The summed E-state index contributed by atoms with van der Waals surface area (Å²) >= 11 is 0. The largest absolute Gasteiger partial charge is 0.0807 e. The average molecular weight is 238 g/mol. The Morgan fingerprint density at radius 2 is 1.71 bits per heavy atom. The number of allylic oxidation sites excluding steroid dienone is 2. The number of hydrogen-bond acceptors (Lipinski definition) is 0. The Kier molecular flexibility index (Phi) is 2.85. The first kappa shape index (κ1) is 10.8. The first-order valence-electron chi connectivity index (χ1n) is 6.53. The predicted molar refractivity (Wildman–Crippen MR) is 80.0 cm³/mol. The van der Waals surface area contributed by atoms with Crippen molar-refractivity contribution in [3.63, 3.8) is 0 Å². The van der Waals surface area contributed by atoms with Gasteiger partial charge in [0.15, 0.2) is 0 Å². The molecule has 1 heteroatoms. The molecule has 0 saturated heterocycles. The summed E-state index contributed by atoms with van der Waals surface area (Å²) in [7, 11) is 1.14. The van der Waals surface area contributed by atoms with Gasteiger partial charge < -0.3 is 0 Å². The molecular weight excluding hydrogens is 220 g/mol. The molecule has 1 aliphatic carbocycles. The Labute approximate surface area is 106 Å².